The molecule has 0 bridgehead atoms. The number of primary amides is 1. The molecule has 1 aliphatic heterocycles. The molecule has 1 unspecified atom stereocenters. The van der Waals surface area contributed by atoms with Crippen LogP contribution in [0.4, 0.5) is 0 Å². The molecule has 0 aromatic carbocycles. The molecule has 3 N–H and O–H groups in total. The molecule has 0 aromatic rings. The van der Waals surface area contributed by atoms with E-state index in [0.29, 0.717) is 25.9 Å². The van der Waals surface area contributed by atoms with Crippen molar-refractivity contribution in [3.05, 3.63) is 0 Å². The average Bonchev–Trinajstić information content (AvgIpc) is 2.55. The number of nitrogens with two attached hydrogens (primary N) is 1. The van der Waals surface area contributed by atoms with Gasteiger partial charge in [0.25, 0.3) is 0 Å². The van der Waals surface area contributed by atoms with E-state index < -0.39 is 11.9 Å². The Bertz CT molecular complexity index is 303. The number of aliphatic carboxylic acids is 1. The second-order valence-corrected chi connectivity index (χ2v) is 3.99. The van der Waals surface area contributed by atoms with Crippen molar-refractivity contribution in [3.8, 4) is 0 Å². The molecule has 0 radical (unpaired) electrons. The Balaban J connectivity index is 2.25. The molecular formula is C10H16N2O4. The van der Waals surface area contributed by atoms with Crippen LogP contribution in [0.5, 0.6) is 0 Å². The van der Waals surface area contributed by atoms with Gasteiger partial charge in [-0.05, 0) is 12.8 Å². The number of carbonyl (C=O) groups is 3. The molecule has 0 spiro atoms. The van der Waals surface area contributed by atoms with E-state index in [1.807, 2.05) is 0 Å². The molecular weight excluding hydrogens is 212 g/mol. The highest BCUT2D eigenvalue weighted by molar-refractivity contribution is 5.88. The molecule has 1 aliphatic rings. The first-order valence-electron chi connectivity index (χ1n) is 5.29. The van der Waals surface area contributed by atoms with Gasteiger partial charge in [-0.1, -0.05) is 0 Å². The van der Waals surface area contributed by atoms with Crippen LogP contribution in [0.25, 0.3) is 0 Å². The predicted molar refractivity (Wildman–Crippen MR) is 55.4 cm³/mol. The lowest BCUT2D eigenvalue weighted by Gasteiger charge is -2.15. The van der Waals surface area contributed by atoms with E-state index in [1.54, 1.807) is 4.90 Å². The maximum absolute atomic E-state index is 11.4. The van der Waals surface area contributed by atoms with Crippen molar-refractivity contribution < 1.29 is 19.5 Å². The SMILES string of the molecule is NC(=O)C1CC(=O)N(CCCCC(=O)O)C1. The largest absolute Gasteiger partial charge is 0.481 e. The fourth-order valence-electron chi connectivity index (χ4n) is 1.76. The number of carbonyl (C=O) groups excluding carboxylic acids is 2. The summed E-state index contributed by atoms with van der Waals surface area (Å²) in [6, 6.07) is 0. The Kier molecular flexibility index (Phi) is 4.28. The number of hydrogen-bond acceptors (Lipinski definition) is 3. The third-order valence-corrected chi connectivity index (χ3v) is 2.69. The Morgan fingerprint density at radius 2 is 2.12 bits per heavy atom. The monoisotopic (exact) mass is 228 g/mol. The standard InChI is InChI=1S/C10H16N2O4/c11-10(16)7-5-8(13)12(6-7)4-2-1-3-9(14)15/h7H,1-6H2,(H2,11,16)(H,14,15). The first-order chi connectivity index (χ1) is 7.50. The van der Waals surface area contributed by atoms with Gasteiger partial charge in [0.15, 0.2) is 0 Å². The Morgan fingerprint density at radius 1 is 1.44 bits per heavy atom. The topological polar surface area (TPSA) is 101 Å². The maximum atomic E-state index is 11.4. The van der Waals surface area contributed by atoms with Gasteiger partial charge >= 0.3 is 5.97 Å². The highest BCUT2D eigenvalue weighted by Gasteiger charge is 2.32. The van der Waals surface area contributed by atoms with E-state index in [2.05, 4.69) is 0 Å². The smallest absolute Gasteiger partial charge is 0.303 e. The van der Waals surface area contributed by atoms with E-state index in [-0.39, 0.29) is 24.7 Å². The fourth-order valence-corrected chi connectivity index (χ4v) is 1.76. The minimum Gasteiger partial charge on any atom is -0.481 e. The van der Waals surface area contributed by atoms with E-state index in [1.165, 1.54) is 0 Å². The van der Waals surface area contributed by atoms with E-state index in [4.69, 9.17) is 10.8 Å². The molecule has 6 nitrogen and oxygen atoms in total. The van der Waals surface area contributed by atoms with Gasteiger partial charge < -0.3 is 15.7 Å². The molecule has 0 aromatic heterocycles. The van der Waals surface area contributed by atoms with Crippen LogP contribution in [0, 0.1) is 5.92 Å². The van der Waals surface area contributed by atoms with Crippen molar-refractivity contribution in [2.45, 2.75) is 25.7 Å². The van der Waals surface area contributed by atoms with Crippen molar-refractivity contribution in [2.75, 3.05) is 13.1 Å². The molecule has 90 valence electrons. The lowest BCUT2D eigenvalue weighted by Crippen LogP contribution is -2.29. The van der Waals surface area contributed by atoms with Crippen LogP contribution >= 0.6 is 0 Å². The van der Waals surface area contributed by atoms with Crippen LogP contribution in [0.1, 0.15) is 25.7 Å². The molecule has 0 aliphatic carbocycles. The van der Waals surface area contributed by atoms with Gasteiger partial charge in [-0.15, -0.1) is 0 Å². The number of carboxylic acid groups (broad SMARTS) is 1. The fraction of sp³-hybridized carbons (Fsp3) is 0.700. The molecule has 6 heteroatoms. The number of rotatable bonds is 6. The highest BCUT2D eigenvalue weighted by atomic mass is 16.4. The quantitative estimate of drug-likeness (QED) is 0.602. The molecule has 1 fully saturated rings. The van der Waals surface area contributed by atoms with Gasteiger partial charge in [0.05, 0.1) is 5.92 Å². The first kappa shape index (κ1) is 12.5. The summed E-state index contributed by atoms with van der Waals surface area (Å²) >= 11 is 0. The minimum atomic E-state index is -0.831. The van der Waals surface area contributed by atoms with Gasteiger partial charge in [0, 0.05) is 25.9 Å². The van der Waals surface area contributed by atoms with Gasteiger partial charge in [0.2, 0.25) is 11.8 Å². The summed E-state index contributed by atoms with van der Waals surface area (Å²) in [4.78, 5) is 34.1. The number of unbranched alkanes of at least 4 members (excludes halogenated alkanes) is 1. The number of amides is 2. The molecule has 1 heterocycles. The molecule has 1 atom stereocenters. The van der Waals surface area contributed by atoms with Crippen LogP contribution in [0.2, 0.25) is 0 Å². The van der Waals surface area contributed by atoms with Crippen molar-refractivity contribution in [2.24, 2.45) is 11.7 Å². The number of likely N-dealkylation sites (tertiary alicyclic amines) is 1. The van der Waals surface area contributed by atoms with Crippen LogP contribution in [0.15, 0.2) is 0 Å². The van der Waals surface area contributed by atoms with Gasteiger partial charge in [0.1, 0.15) is 0 Å². The van der Waals surface area contributed by atoms with Crippen LogP contribution in [-0.2, 0) is 14.4 Å². The Morgan fingerprint density at radius 3 is 2.62 bits per heavy atom. The maximum Gasteiger partial charge on any atom is 0.303 e. The van der Waals surface area contributed by atoms with Crippen molar-refractivity contribution >= 4 is 17.8 Å². The number of hydrogen-bond donors (Lipinski definition) is 2. The summed E-state index contributed by atoms with van der Waals surface area (Å²) in [5.41, 5.74) is 5.12. The van der Waals surface area contributed by atoms with Gasteiger partial charge in [-0.25, -0.2) is 0 Å². The molecule has 1 rings (SSSR count). The van der Waals surface area contributed by atoms with Crippen LogP contribution < -0.4 is 5.73 Å². The number of carboxylic acids is 1. The van der Waals surface area contributed by atoms with E-state index >= 15 is 0 Å². The summed E-state index contributed by atoms with van der Waals surface area (Å²) in [7, 11) is 0. The third-order valence-electron chi connectivity index (χ3n) is 2.69. The van der Waals surface area contributed by atoms with Gasteiger partial charge in [-0.3, -0.25) is 14.4 Å². The normalized spacial score (nSPS) is 20.1. The Labute approximate surface area is 93.4 Å². The lowest BCUT2D eigenvalue weighted by molar-refractivity contribution is -0.137. The van der Waals surface area contributed by atoms with E-state index in [0.717, 1.165) is 0 Å². The first-order valence-corrected chi connectivity index (χ1v) is 5.29. The van der Waals surface area contributed by atoms with Crippen LogP contribution in [0.3, 0.4) is 0 Å². The minimum absolute atomic E-state index is 0.0703. The zero-order chi connectivity index (χ0) is 12.1. The Hall–Kier alpha value is -1.59. The summed E-state index contributed by atoms with van der Waals surface area (Å²) in [5.74, 6) is -1.73. The zero-order valence-electron chi connectivity index (χ0n) is 9.02. The van der Waals surface area contributed by atoms with E-state index in [9.17, 15) is 14.4 Å². The van der Waals surface area contributed by atoms with Crippen molar-refractivity contribution in [3.63, 3.8) is 0 Å². The molecule has 0 saturated carbocycles. The second kappa shape index (κ2) is 5.48. The summed E-state index contributed by atoms with van der Waals surface area (Å²) in [6.45, 7) is 0.886. The van der Waals surface area contributed by atoms with Crippen molar-refractivity contribution in [1.29, 1.82) is 0 Å². The zero-order valence-corrected chi connectivity index (χ0v) is 9.02. The molecule has 2 amide bonds. The van der Waals surface area contributed by atoms with Crippen LogP contribution in [-0.4, -0.2) is 40.9 Å². The summed E-state index contributed by atoms with van der Waals surface area (Å²) < 4.78 is 0. The average molecular weight is 228 g/mol. The summed E-state index contributed by atoms with van der Waals surface area (Å²) in [5, 5.41) is 8.43. The molecule has 1 saturated heterocycles. The predicted octanol–water partition coefficient (Wildman–Crippen LogP) is -0.425. The summed E-state index contributed by atoms with van der Waals surface area (Å²) in [6.07, 6.45) is 1.49. The number of nitrogens with zero attached hydrogens (tertiary/aromatic N) is 1. The highest BCUT2D eigenvalue weighted by Crippen LogP contribution is 2.17. The van der Waals surface area contributed by atoms with Gasteiger partial charge in [-0.2, -0.15) is 0 Å². The van der Waals surface area contributed by atoms with Crippen molar-refractivity contribution in [1.82, 2.24) is 4.90 Å². The molecule has 16 heavy (non-hydrogen) atoms. The second-order valence-electron chi connectivity index (χ2n) is 3.99. The lowest BCUT2D eigenvalue weighted by atomic mass is 10.1. The third kappa shape index (κ3) is 3.52.